The Balaban J connectivity index is 1.90. The van der Waals surface area contributed by atoms with Crippen LogP contribution in [0.4, 0.5) is 0 Å². The predicted octanol–water partition coefficient (Wildman–Crippen LogP) is 0.604. The van der Waals surface area contributed by atoms with Crippen LogP contribution in [0.1, 0.15) is 32.1 Å². The first-order valence-corrected chi connectivity index (χ1v) is 5.84. The molecule has 0 amide bonds. The van der Waals surface area contributed by atoms with Crippen molar-refractivity contribution in [2.75, 3.05) is 19.7 Å². The second-order valence-corrected chi connectivity index (χ2v) is 4.73. The second-order valence-electron chi connectivity index (χ2n) is 4.73. The molecule has 0 aromatic heterocycles. The van der Waals surface area contributed by atoms with Crippen LogP contribution in [0.3, 0.4) is 0 Å². The van der Waals surface area contributed by atoms with Crippen LogP contribution in [-0.4, -0.2) is 47.0 Å². The van der Waals surface area contributed by atoms with Crippen molar-refractivity contribution < 1.29 is 10.2 Å². The minimum atomic E-state index is -0.547. The number of rotatable bonds is 3. The first kappa shape index (κ1) is 10.4. The highest BCUT2D eigenvalue weighted by Crippen LogP contribution is 2.36. The van der Waals surface area contributed by atoms with Gasteiger partial charge in [0.2, 0.25) is 0 Å². The molecule has 1 aliphatic carbocycles. The molecule has 1 aliphatic heterocycles. The Morgan fingerprint density at radius 1 is 1.21 bits per heavy atom. The van der Waals surface area contributed by atoms with E-state index in [9.17, 15) is 5.11 Å². The molecule has 0 aromatic rings. The van der Waals surface area contributed by atoms with Crippen molar-refractivity contribution in [2.24, 2.45) is 5.92 Å². The summed E-state index contributed by atoms with van der Waals surface area (Å²) in [5.74, 6) is 0.870. The van der Waals surface area contributed by atoms with E-state index < -0.39 is 6.10 Å². The smallest absolute Gasteiger partial charge is 0.0897 e. The number of nitrogens with zero attached hydrogens (tertiary/aromatic N) is 1. The van der Waals surface area contributed by atoms with E-state index >= 15 is 0 Å². The third kappa shape index (κ3) is 2.10. The Morgan fingerprint density at radius 3 is 2.79 bits per heavy atom. The van der Waals surface area contributed by atoms with Gasteiger partial charge in [-0.15, -0.1) is 0 Å². The van der Waals surface area contributed by atoms with Crippen molar-refractivity contribution in [1.29, 1.82) is 0 Å². The molecule has 0 bridgehead atoms. The van der Waals surface area contributed by atoms with Gasteiger partial charge in [-0.05, 0) is 38.1 Å². The molecule has 3 heteroatoms. The van der Waals surface area contributed by atoms with Crippen LogP contribution >= 0.6 is 0 Å². The number of hydrogen-bond acceptors (Lipinski definition) is 3. The van der Waals surface area contributed by atoms with Gasteiger partial charge in [0.05, 0.1) is 12.7 Å². The minimum absolute atomic E-state index is 0.103. The Morgan fingerprint density at radius 2 is 2.00 bits per heavy atom. The lowest BCUT2D eigenvalue weighted by atomic mass is 9.92. The normalized spacial score (nSPS) is 35.6. The summed E-state index contributed by atoms with van der Waals surface area (Å²) in [6.45, 7) is 1.67. The molecule has 0 radical (unpaired) electrons. The van der Waals surface area contributed by atoms with Gasteiger partial charge >= 0.3 is 0 Å². The summed E-state index contributed by atoms with van der Waals surface area (Å²) in [7, 11) is 0. The number of hydrogen-bond donors (Lipinski definition) is 2. The van der Waals surface area contributed by atoms with Crippen LogP contribution in [0.15, 0.2) is 0 Å². The quantitative estimate of drug-likeness (QED) is 0.699. The van der Waals surface area contributed by atoms with E-state index in [4.69, 9.17) is 5.11 Å². The zero-order valence-electron chi connectivity index (χ0n) is 8.73. The fourth-order valence-corrected chi connectivity index (χ4v) is 3.11. The summed E-state index contributed by atoms with van der Waals surface area (Å²) in [6.07, 6.45) is 6.10. The number of β-amino-alcohol motifs (C(OH)–C–C–N with tert-alkyl or cyclic N) is 1. The maximum atomic E-state index is 9.44. The van der Waals surface area contributed by atoms with Crippen molar-refractivity contribution in [3.05, 3.63) is 0 Å². The zero-order valence-corrected chi connectivity index (χ0v) is 8.73. The molecule has 2 N–H and O–H groups in total. The van der Waals surface area contributed by atoms with Crippen LogP contribution in [-0.2, 0) is 0 Å². The molecule has 3 unspecified atom stereocenters. The van der Waals surface area contributed by atoms with E-state index in [0.717, 1.165) is 12.5 Å². The highest BCUT2D eigenvalue weighted by molar-refractivity contribution is 4.89. The van der Waals surface area contributed by atoms with Crippen molar-refractivity contribution >= 4 is 0 Å². The van der Waals surface area contributed by atoms with Crippen molar-refractivity contribution in [3.63, 3.8) is 0 Å². The predicted molar refractivity (Wildman–Crippen MR) is 55.0 cm³/mol. The van der Waals surface area contributed by atoms with Crippen LogP contribution in [0.2, 0.25) is 0 Å². The average Bonchev–Trinajstić information content (AvgIpc) is 2.66. The zero-order chi connectivity index (χ0) is 9.97. The van der Waals surface area contributed by atoms with E-state index in [2.05, 4.69) is 4.90 Å². The van der Waals surface area contributed by atoms with Crippen LogP contribution in [0, 0.1) is 5.92 Å². The van der Waals surface area contributed by atoms with E-state index in [-0.39, 0.29) is 6.61 Å². The highest BCUT2D eigenvalue weighted by Gasteiger charge is 2.35. The Hall–Kier alpha value is -0.120. The number of likely N-dealkylation sites (tertiary alicyclic amines) is 1. The lowest BCUT2D eigenvalue weighted by Crippen LogP contribution is -2.46. The number of aliphatic hydroxyl groups excluding tert-OH is 2. The first-order chi connectivity index (χ1) is 6.81. The fraction of sp³-hybridized carbons (Fsp3) is 1.00. The van der Waals surface area contributed by atoms with Crippen molar-refractivity contribution in [2.45, 2.75) is 44.2 Å². The van der Waals surface area contributed by atoms with Gasteiger partial charge in [0.15, 0.2) is 0 Å². The van der Waals surface area contributed by atoms with Gasteiger partial charge in [-0.3, -0.25) is 4.90 Å². The molecule has 1 saturated carbocycles. The molecule has 3 atom stereocenters. The van der Waals surface area contributed by atoms with E-state index in [1.807, 2.05) is 0 Å². The molecule has 3 nitrogen and oxygen atoms in total. The Labute approximate surface area is 85.7 Å². The molecule has 0 spiro atoms. The van der Waals surface area contributed by atoms with Gasteiger partial charge in [0.1, 0.15) is 0 Å². The van der Waals surface area contributed by atoms with Crippen LogP contribution < -0.4 is 0 Å². The largest absolute Gasteiger partial charge is 0.394 e. The Kier molecular flexibility index (Phi) is 3.42. The van der Waals surface area contributed by atoms with E-state index in [1.54, 1.807) is 0 Å². The van der Waals surface area contributed by atoms with Crippen LogP contribution in [0.5, 0.6) is 0 Å². The monoisotopic (exact) mass is 199 g/mol. The number of aliphatic hydroxyl groups is 2. The lowest BCUT2D eigenvalue weighted by molar-refractivity contribution is 0.0231. The average molecular weight is 199 g/mol. The van der Waals surface area contributed by atoms with E-state index in [0.29, 0.717) is 12.6 Å². The molecular weight excluding hydrogens is 178 g/mol. The van der Waals surface area contributed by atoms with Gasteiger partial charge < -0.3 is 10.2 Å². The maximum Gasteiger partial charge on any atom is 0.0897 e. The minimum Gasteiger partial charge on any atom is -0.394 e. The summed E-state index contributed by atoms with van der Waals surface area (Å²) in [6, 6.07) is 0.699. The topological polar surface area (TPSA) is 43.7 Å². The molecule has 82 valence electrons. The summed E-state index contributed by atoms with van der Waals surface area (Å²) >= 11 is 0. The summed E-state index contributed by atoms with van der Waals surface area (Å²) in [4.78, 5) is 2.39. The van der Waals surface area contributed by atoms with Gasteiger partial charge in [-0.1, -0.05) is 6.42 Å². The maximum absolute atomic E-state index is 9.44. The molecule has 1 saturated heterocycles. The summed E-state index contributed by atoms with van der Waals surface area (Å²) in [5.41, 5.74) is 0. The Bertz CT molecular complexity index is 186. The highest BCUT2D eigenvalue weighted by atomic mass is 16.3. The molecule has 0 aromatic carbocycles. The number of fused-ring (bicyclic) bond motifs is 1. The molecule has 2 fully saturated rings. The van der Waals surface area contributed by atoms with Crippen LogP contribution in [0.25, 0.3) is 0 Å². The van der Waals surface area contributed by atoms with Gasteiger partial charge in [-0.25, -0.2) is 0 Å². The van der Waals surface area contributed by atoms with Gasteiger partial charge in [0, 0.05) is 12.6 Å². The third-order valence-corrected chi connectivity index (χ3v) is 3.76. The SMILES string of the molecule is OCC(O)CN1CCCC2CCCC21. The van der Waals surface area contributed by atoms with Gasteiger partial charge in [0.25, 0.3) is 0 Å². The second kappa shape index (κ2) is 4.60. The third-order valence-electron chi connectivity index (χ3n) is 3.76. The molecule has 2 aliphatic rings. The molecule has 1 heterocycles. The first-order valence-electron chi connectivity index (χ1n) is 5.84. The van der Waals surface area contributed by atoms with Crippen molar-refractivity contribution in [3.8, 4) is 0 Å². The van der Waals surface area contributed by atoms with E-state index in [1.165, 1.54) is 32.1 Å². The molecule has 14 heavy (non-hydrogen) atoms. The molecule has 2 rings (SSSR count). The van der Waals surface area contributed by atoms with Crippen molar-refractivity contribution in [1.82, 2.24) is 4.90 Å². The molecular formula is C11H21NO2. The standard InChI is InChI=1S/C11H21NO2/c13-8-10(14)7-12-6-2-4-9-3-1-5-11(9)12/h9-11,13-14H,1-8H2. The summed E-state index contributed by atoms with van der Waals surface area (Å²) < 4.78 is 0. The van der Waals surface area contributed by atoms with Gasteiger partial charge in [-0.2, -0.15) is 0 Å². The summed E-state index contributed by atoms with van der Waals surface area (Å²) in [5, 5.41) is 18.3. The lowest BCUT2D eigenvalue weighted by Gasteiger charge is -2.38. The fourth-order valence-electron chi connectivity index (χ4n) is 3.11. The number of piperidine rings is 1.